The van der Waals surface area contributed by atoms with Gasteiger partial charge in [0, 0.05) is 24.7 Å². The Balaban J connectivity index is 2.12. The van der Waals surface area contributed by atoms with Crippen LogP contribution in [0.2, 0.25) is 0 Å². The number of thioether (sulfide) groups is 1. The van der Waals surface area contributed by atoms with Crippen LogP contribution in [0.15, 0.2) is 52.3 Å². The van der Waals surface area contributed by atoms with Crippen LogP contribution >= 0.6 is 11.8 Å². The molecule has 0 spiro atoms. The Hall–Kier alpha value is -1.90. The van der Waals surface area contributed by atoms with Gasteiger partial charge in [0.1, 0.15) is 5.82 Å². The molecular formula is C17H19FN2O3S2. The number of carbonyl (C=O) groups excluding carboxylic acids is 1. The Kier molecular flexibility index (Phi) is 6.21. The monoisotopic (exact) mass is 382 g/mol. The van der Waals surface area contributed by atoms with Crippen LogP contribution < -0.4 is 5.32 Å². The molecule has 134 valence electrons. The Morgan fingerprint density at radius 2 is 1.88 bits per heavy atom. The molecule has 25 heavy (non-hydrogen) atoms. The van der Waals surface area contributed by atoms with Crippen molar-refractivity contribution in [1.82, 2.24) is 4.31 Å². The highest BCUT2D eigenvalue weighted by atomic mass is 32.2. The fourth-order valence-corrected chi connectivity index (χ4v) is 3.67. The molecule has 0 bridgehead atoms. The fraction of sp³-hybridized carbons (Fsp3) is 0.235. The molecule has 0 fully saturated rings. The zero-order valence-corrected chi connectivity index (χ0v) is 15.7. The van der Waals surface area contributed by atoms with Crippen molar-refractivity contribution in [2.24, 2.45) is 0 Å². The molecule has 1 amide bonds. The van der Waals surface area contributed by atoms with Crippen LogP contribution in [0.3, 0.4) is 0 Å². The normalized spacial score (nSPS) is 11.6. The van der Waals surface area contributed by atoms with Gasteiger partial charge >= 0.3 is 0 Å². The van der Waals surface area contributed by atoms with Crippen LogP contribution in [0.5, 0.6) is 0 Å². The molecule has 0 atom stereocenters. The van der Waals surface area contributed by atoms with Crippen molar-refractivity contribution in [1.29, 1.82) is 0 Å². The van der Waals surface area contributed by atoms with Crippen molar-refractivity contribution < 1.29 is 17.6 Å². The van der Waals surface area contributed by atoms with E-state index in [9.17, 15) is 17.6 Å². The summed E-state index contributed by atoms with van der Waals surface area (Å²) in [6.07, 6.45) is 0. The van der Waals surface area contributed by atoms with Crippen LogP contribution in [0.4, 0.5) is 10.1 Å². The standard InChI is InChI=1S/C17H19FN2O3S2/c1-12-8-9-13(25(22,23)20(2)3)10-15(12)19-17(21)11-24-16-7-5-4-6-14(16)18/h4-10H,11H2,1-3H3,(H,19,21). The zero-order valence-electron chi connectivity index (χ0n) is 14.1. The number of nitrogens with one attached hydrogen (secondary N) is 1. The second-order valence-corrected chi connectivity index (χ2v) is 8.70. The molecule has 2 aromatic carbocycles. The molecule has 0 aliphatic carbocycles. The number of sulfonamides is 1. The third-order valence-corrected chi connectivity index (χ3v) is 6.32. The highest BCUT2D eigenvalue weighted by Gasteiger charge is 2.18. The first-order valence-corrected chi connectivity index (χ1v) is 9.84. The number of anilines is 1. The minimum absolute atomic E-state index is 0.0189. The molecule has 0 heterocycles. The van der Waals surface area contributed by atoms with Gasteiger partial charge in [-0.3, -0.25) is 4.79 Å². The molecule has 0 aliphatic heterocycles. The maximum absolute atomic E-state index is 13.6. The average Bonchev–Trinajstić information content (AvgIpc) is 2.55. The highest BCUT2D eigenvalue weighted by Crippen LogP contribution is 2.24. The van der Waals surface area contributed by atoms with Crippen LogP contribution in [-0.4, -0.2) is 38.5 Å². The van der Waals surface area contributed by atoms with E-state index in [1.54, 1.807) is 31.2 Å². The summed E-state index contributed by atoms with van der Waals surface area (Å²) in [5, 5.41) is 2.69. The number of nitrogens with zero attached hydrogens (tertiary/aromatic N) is 1. The van der Waals surface area contributed by atoms with Gasteiger partial charge in [-0.2, -0.15) is 0 Å². The number of hydrogen-bond acceptors (Lipinski definition) is 4. The van der Waals surface area contributed by atoms with E-state index in [0.29, 0.717) is 10.6 Å². The van der Waals surface area contributed by atoms with E-state index in [1.165, 1.54) is 32.3 Å². The van der Waals surface area contributed by atoms with Gasteiger partial charge in [0.25, 0.3) is 0 Å². The van der Waals surface area contributed by atoms with E-state index >= 15 is 0 Å². The summed E-state index contributed by atoms with van der Waals surface area (Å²) in [5.41, 5.74) is 1.16. The maximum atomic E-state index is 13.6. The van der Waals surface area contributed by atoms with Crippen LogP contribution in [0, 0.1) is 12.7 Å². The molecule has 1 N–H and O–H groups in total. The van der Waals surface area contributed by atoms with Gasteiger partial charge < -0.3 is 5.32 Å². The summed E-state index contributed by atoms with van der Waals surface area (Å²) in [5.74, 6) is -0.698. The van der Waals surface area contributed by atoms with E-state index in [4.69, 9.17) is 0 Å². The zero-order chi connectivity index (χ0) is 18.6. The van der Waals surface area contributed by atoms with Crippen LogP contribution in [0.25, 0.3) is 0 Å². The van der Waals surface area contributed by atoms with E-state index in [-0.39, 0.29) is 22.4 Å². The number of amides is 1. The molecular weight excluding hydrogens is 363 g/mol. The Bertz CT molecular complexity index is 883. The molecule has 0 unspecified atom stereocenters. The van der Waals surface area contributed by atoms with Crippen LogP contribution in [0.1, 0.15) is 5.56 Å². The second kappa shape index (κ2) is 7.99. The third kappa shape index (κ3) is 4.81. The molecule has 0 saturated heterocycles. The van der Waals surface area contributed by atoms with Gasteiger partial charge in [0.15, 0.2) is 0 Å². The largest absolute Gasteiger partial charge is 0.325 e. The molecule has 2 rings (SSSR count). The van der Waals surface area contributed by atoms with Gasteiger partial charge in [-0.05, 0) is 36.8 Å². The molecule has 8 heteroatoms. The lowest BCUT2D eigenvalue weighted by atomic mass is 10.2. The predicted octanol–water partition coefficient (Wildman–Crippen LogP) is 3.12. The van der Waals surface area contributed by atoms with Gasteiger partial charge in [-0.25, -0.2) is 17.1 Å². The molecule has 2 aromatic rings. The third-order valence-electron chi connectivity index (χ3n) is 3.46. The summed E-state index contributed by atoms with van der Waals surface area (Å²) in [6, 6.07) is 10.8. The van der Waals surface area contributed by atoms with Gasteiger partial charge in [-0.1, -0.05) is 18.2 Å². The lowest BCUT2D eigenvalue weighted by Gasteiger charge is -2.14. The van der Waals surface area contributed by atoms with Gasteiger partial charge in [0.2, 0.25) is 15.9 Å². The van der Waals surface area contributed by atoms with Crippen molar-refractivity contribution in [3.8, 4) is 0 Å². The first-order chi connectivity index (χ1) is 11.7. The van der Waals surface area contributed by atoms with Crippen molar-refractivity contribution in [3.05, 3.63) is 53.8 Å². The number of benzene rings is 2. The maximum Gasteiger partial charge on any atom is 0.242 e. The van der Waals surface area contributed by atoms with Crippen molar-refractivity contribution >= 4 is 33.4 Å². The number of carbonyl (C=O) groups is 1. The quantitative estimate of drug-likeness (QED) is 0.780. The van der Waals surface area contributed by atoms with Crippen molar-refractivity contribution in [2.75, 3.05) is 25.2 Å². The van der Waals surface area contributed by atoms with Crippen LogP contribution in [-0.2, 0) is 14.8 Å². The summed E-state index contributed by atoms with van der Waals surface area (Å²) in [4.78, 5) is 12.6. The molecule has 5 nitrogen and oxygen atoms in total. The predicted molar refractivity (Wildman–Crippen MR) is 97.8 cm³/mol. The fourth-order valence-electron chi connectivity index (χ4n) is 2.00. The second-order valence-electron chi connectivity index (χ2n) is 5.53. The molecule has 0 radical (unpaired) electrons. The van der Waals surface area contributed by atoms with E-state index in [1.807, 2.05) is 0 Å². The van der Waals surface area contributed by atoms with Crippen molar-refractivity contribution in [3.63, 3.8) is 0 Å². The SMILES string of the molecule is Cc1ccc(S(=O)(=O)N(C)C)cc1NC(=O)CSc1ccccc1F. The Morgan fingerprint density at radius 1 is 1.20 bits per heavy atom. The topological polar surface area (TPSA) is 66.5 Å². The van der Waals surface area contributed by atoms with Gasteiger partial charge in [-0.15, -0.1) is 11.8 Å². The first-order valence-electron chi connectivity index (χ1n) is 7.42. The Labute approximate surface area is 151 Å². The molecule has 0 aliphatic rings. The summed E-state index contributed by atoms with van der Waals surface area (Å²) >= 11 is 1.08. The number of hydrogen-bond donors (Lipinski definition) is 1. The summed E-state index contributed by atoms with van der Waals surface area (Å²) in [6.45, 7) is 1.77. The first kappa shape index (κ1) is 19.4. The lowest BCUT2D eigenvalue weighted by Crippen LogP contribution is -2.22. The highest BCUT2D eigenvalue weighted by molar-refractivity contribution is 8.00. The summed E-state index contributed by atoms with van der Waals surface area (Å²) in [7, 11) is -0.700. The van der Waals surface area contributed by atoms with E-state index in [2.05, 4.69) is 5.32 Å². The minimum Gasteiger partial charge on any atom is -0.325 e. The smallest absolute Gasteiger partial charge is 0.242 e. The molecule has 0 aromatic heterocycles. The number of rotatable bonds is 6. The number of halogens is 1. The van der Waals surface area contributed by atoms with Crippen molar-refractivity contribution in [2.45, 2.75) is 16.7 Å². The average molecular weight is 382 g/mol. The summed E-state index contributed by atoms with van der Waals surface area (Å²) < 4.78 is 39.1. The number of aryl methyl sites for hydroxylation is 1. The Morgan fingerprint density at radius 3 is 2.52 bits per heavy atom. The molecule has 0 saturated carbocycles. The lowest BCUT2D eigenvalue weighted by molar-refractivity contribution is -0.113. The minimum atomic E-state index is -3.59. The van der Waals surface area contributed by atoms with Gasteiger partial charge in [0.05, 0.1) is 10.6 Å². The van der Waals surface area contributed by atoms with E-state index in [0.717, 1.165) is 21.6 Å². The van der Waals surface area contributed by atoms with E-state index < -0.39 is 10.0 Å².